The third-order valence-electron chi connectivity index (χ3n) is 6.38. The number of nitrogens with zero attached hydrogens (tertiary/aromatic N) is 1. The number of anilines is 1. The summed E-state index contributed by atoms with van der Waals surface area (Å²) in [6, 6.07) is 13.8. The maximum absolute atomic E-state index is 13.7. The van der Waals surface area contributed by atoms with Crippen molar-refractivity contribution in [1.29, 1.82) is 0 Å². The molecule has 0 radical (unpaired) electrons. The number of hydrogen-bond acceptors (Lipinski definition) is 5. The number of aromatic nitrogens is 1. The number of benzene rings is 3. The maximum atomic E-state index is 13.7. The molecule has 33 heavy (non-hydrogen) atoms. The van der Waals surface area contributed by atoms with Gasteiger partial charge in [-0.3, -0.25) is 4.79 Å². The lowest BCUT2D eigenvalue weighted by Gasteiger charge is -2.18. The van der Waals surface area contributed by atoms with Crippen LogP contribution >= 0.6 is 0 Å². The lowest BCUT2D eigenvalue weighted by Crippen LogP contribution is -2.29. The lowest BCUT2D eigenvalue weighted by molar-refractivity contribution is 0.0984. The van der Waals surface area contributed by atoms with E-state index in [2.05, 4.69) is 24.0 Å². The van der Waals surface area contributed by atoms with E-state index >= 15 is 0 Å². The van der Waals surface area contributed by atoms with Gasteiger partial charge in [0.1, 0.15) is 11.4 Å². The second kappa shape index (κ2) is 7.92. The van der Waals surface area contributed by atoms with Crippen LogP contribution in [0.2, 0.25) is 0 Å². The molecular weight excluding hydrogens is 420 g/mol. The zero-order chi connectivity index (χ0) is 23.3. The average Bonchev–Trinajstić information content (AvgIpc) is 3.42. The number of nitrogens with one attached hydrogen (secondary N) is 1. The summed E-state index contributed by atoms with van der Waals surface area (Å²) in [4.78, 5) is 18.8. The van der Waals surface area contributed by atoms with Gasteiger partial charge in [-0.25, -0.2) is 0 Å². The van der Waals surface area contributed by atoms with E-state index in [1.165, 1.54) is 0 Å². The fraction of sp³-hybridized carbons (Fsp3) is 0.269. The number of carbonyl (C=O) groups excluding carboxylic acids is 1. The van der Waals surface area contributed by atoms with Gasteiger partial charge in [0, 0.05) is 29.3 Å². The van der Waals surface area contributed by atoms with Crippen LogP contribution in [0.5, 0.6) is 23.0 Å². The van der Waals surface area contributed by atoms with E-state index in [1.54, 1.807) is 28.4 Å². The molecule has 2 heterocycles. The van der Waals surface area contributed by atoms with Crippen LogP contribution in [-0.2, 0) is 0 Å². The summed E-state index contributed by atoms with van der Waals surface area (Å²) in [6.45, 7) is 2.74. The lowest BCUT2D eigenvalue weighted by atomic mass is 9.95. The second-order valence-corrected chi connectivity index (χ2v) is 8.17. The minimum absolute atomic E-state index is 0.117. The van der Waals surface area contributed by atoms with Gasteiger partial charge in [-0.1, -0.05) is 31.2 Å². The van der Waals surface area contributed by atoms with E-state index in [-0.39, 0.29) is 11.8 Å². The van der Waals surface area contributed by atoms with Crippen molar-refractivity contribution in [3.63, 3.8) is 0 Å². The number of aromatic amines is 1. The number of methoxy groups -OCH3 is 4. The summed E-state index contributed by atoms with van der Waals surface area (Å²) in [6.07, 6.45) is 0. The van der Waals surface area contributed by atoms with Gasteiger partial charge in [-0.2, -0.15) is 0 Å². The molecule has 0 saturated heterocycles. The van der Waals surface area contributed by atoms with Crippen molar-refractivity contribution < 1.29 is 23.7 Å². The largest absolute Gasteiger partial charge is 0.496 e. The van der Waals surface area contributed by atoms with Gasteiger partial charge in [0.25, 0.3) is 5.91 Å². The predicted molar refractivity (Wildman–Crippen MR) is 129 cm³/mol. The SMILES string of the molecule is COc1cc2cc(C(=O)N3C[C@@H](C)c4c3cc(OC)c3ccccc43)[nH]c2c(OC)c1OC. The summed E-state index contributed by atoms with van der Waals surface area (Å²) in [5.41, 5.74) is 3.19. The zero-order valence-electron chi connectivity index (χ0n) is 19.3. The molecule has 0 saturated carbocycles. The van der Waals surface area contributed by atoms with Crippen molar-refractivity contribution in [3.8, 4) is 23.0 Å². The Balaban J connectivity index is 1.64. The van der Waals surface area contributed by atoms with Gasteiger partial charge in [0.05, 0.1) is 39.6 Å². The number of rotatable bonds is 5. The molecule has 5 rings (SSSR count). The molecule has 0 aliphatic carbocycles. The highest BCUT2D eigenvalue weighted by Crippen LogP contribution is 2.46. The van der Waals surface area contributed by atoms with Crippen LogP contribution in [0, 0.1) is 0 Å². The highest BCUT2D eigenvalue weighted by molar-refractivity contribution is 6.11. The number of ether oxygens (including phenoxy) is 4. The van der Waals surface area contributed by atoms with Crippen molar-refractivity contribution in [3.05, 3.63) is 53.7 Å². The Morgan fingerprint density at radius 1 is 0.909 bits per heavy atom. The predicted octanol–water partition coefficient (Wildman–Crippen LogP) is 5.12. The van der Waals surface area contributed by atoms with Crippen molar-refractivity contribution in [1.82, 2.24) is 4.98 Å². The first kappa shape index (κ1) is 21.0. The Morgan fingerprint density at radius 2 is 1.61 bits per heavy atom. The fourth-order valence-corrected chi connectivity index (χ4v) is 4.92. The molecule has 1 aliphatic rings. The van der Waals surface area contributed by atoms with Crippen LogP contribution in [0.15, 0.2) is 42.5 Å². The van der Waals surface area contributed by atoms with E-state index in [4.69, 9.17) is 18.9 Å². The molecule has 7 nitrogen and oxygen atoms in total. The minimum Gasteiger partial charge on any atom is -0.496 e. The number of H-pyrrole nitrogens is 1. The number of hydrogen-bond donors (Lipinski definition) is 1. The van der Waals surface area contributed by atoms with Gasteiger partial charge in [-0.05, 0) is 23.1 Å². The summed E-state index contributed by atoms with van der Waals surface area (Å²) in [7, 11) is 6.35. The van der Waals surface area contributed by atoms with Gasteiger partial charge >= 0.3 is 0 Å². The van der Waals surface area contributed by atoms with Gasteiger partial charge < -0.3 is 28.8 Å². The quantitative estimate of drug-likeness (QED) is 0.461. The molecule has 1 atom stereocenters. The Morgan fingerprint density at radius 3 is 2.27 bits per heavy atom. The first-order valence-electron chi connectivity index (χ1n) is 10.8. The molecule has 1 amide bonds. The minimum atomic E-state index is -0.117. The number of amides is 1. The highest BCUT2D eigenvalue weighted by Gasteiger charge is 2.34. The Kier molecular flexibility index (Phi) is 5.04. The van der Waals surface area contributed by atoms with Crippen LogP contribution in [-0.4, -0.2) is 45.9 Å². The van der Waals surface area contributed by atoms with Gasteiger partial charge in [-0.15, -0.1) is 0 Å². The molecule has 3 aromatic carbocycles. The number of carbonyl (C=O) groups is 1. The van der Waals surface area contributed by atoms with E-state index in [1.807, 2.05) is 35.2 Å². The molecule has 0 bridgehead atoms. The molecular formula is C26H26N2O5. The van der Waals surface area contributed by atoms with Crippen molar-refractivity contribution in [2.75, 3.05) is 39.9 Å². The third-order valence-corrected chi connectivity index (χ3v) is 6.38. The molecule has 1 aromatic heterocycles. The first-order chi connectivity index (χ1) is 16.0. The Labute approximate surface area is 191 Å². The standard InChI is InChI=1S/C26H26N2O5/c1-14-13-28(19-12-20(30-2)16-8-6-7-9-17(16)22(14)19)26(29)18-10-15-11-21(31-3)24(32-4)25(33-5)23(15)27-18/h6-12,14,27H,13H2,1-5H3/t14-/m1/s1. The monoisotopic (exact) mass is 446 g/mol. The normalized spacial score (nSPS) is 15.1. The molecule has 170 valence electrons. The topological polar surface area (TPSA) is 73.0 Å². The van der Waals surface area contributed by atoms with E-state index in [0.717, 1.165) is 33.2 Å². The molecule has 0 unspecified atom stereocenters. The number of fused-ring (bicyclic) bond motifs is 4. The maximum Gasteiger partial charge on any atom is 0.274 e. The van der Waals surface area contributed by atoms with Crippen molar-refractivity contribution in [2.24, 2.45) is 0 Å². The molecule has 0 fully saturated rings. The first-order valence-corrected chi connectivity index (χ1v) is 10.8. The Hall–Kier alpha value is -3.87. The van der Waals surface area contributed by atoms with Crippen LogP contribution < -0.4 is 23.8 Å². The Bertz CT molecular complexity index is 1390. The smallest absolute Gasteiger partial charge is 0.274 e. The average molecular weight is 447 g/mol. The van der Waals surface area contributed by atoms with Crippen LogP contribution in [0.4, 0.5) is 5.69 Å². The van der Waals surface area contributed by atoms with Crippen molar-refractivity contribution in [2.45, 2.75) is 12.8 Å². The van der Waals surface area contributed by atoms with Crippen LogP contribution in [0.25, 0.3) is 21.7 Å². The van der Waals surface area contributed by atoms with Gasteiger partial charge in [0.2, 0.25) is 5.75 Å². The second-order valence-electron chi connectivity index (χ2n) is 8.17. The summed E-state index contributed by atoms with van der Waals surface area (Å²) < 4.78 is 22.2. The molecule has 0 spiro atoms. The van der Waals surface area contributed by atoms with Crippen molar-refractivity contribution >= 4 is 33.3 Å². The van der Waals surface area contributed by atoms with Crippen LogP contribution in [0.3, 0.4) is 0 Å². The summed E-state index contributed by atoms with van der Waals surface area (Å²) in [5, 5.41) is 2.97. The molecule has 1 N–H and O–H groups in total. The van der Waals surface area contributed by atoms with E-state index < -0.39 is 0 Å². The summed E-state index contributed by atoms with van der Waals surface area (Å²) in [5.74, 6) is 2.34. The van der Waals surface area contributed by atoms with Gasteiger partial charge in [0.15, 0.2) is 11.5 Å². The zero-order valence-corrected chi connectivity index (χ0v) is 19.3. The highest BCUT2D eigenvalue weighted by atomic mass is 16.5. The fourth-order valence-electron chi connectivity index (χ4n) is 4.92. The van der Waals surface area contributed by atoms with Crippen LogP contribution in [0.1, 0.15) is 28.9 Å². The third kappa shape index (κ3) is 3.07. The van der Waals surface area contributed by atoms with E-state index in [9.17, 15) is 4.79 Å². The molecule has 4 aromatic rings. The van der Waals surface area contributed by atoms with E-state index in [0.29, 0.717) is 35.0 Å². The molecule has 1 aliphatic heterocycles. The summed E-state index contributed by atoms with van der Waals surface area (Å²) >= 11 is 0. The molecule has 7 heteroatoms.